The van der Waals surface area contributed by atoms with Gasteiger partial charge in [-0.1, -0.05) is 0 Å². The molecule has 4 nitrogen and oxygen atoms in total. The Balaban J connectivity index is 1.78. The Kier molecular flexibility index (Phi) is 4.04. The zero-order chi connectivity index (χ0) is 13.9. The molecule has 1 aliphatic heterocycles. The molecule has 2 aliphatic rings. The summed E-state index contributed by atoms with van der Waals surface area (Å²) >= 11 is 1.59. The third kappa shape index (κ3) is 2.58. The van der Waals surface area contributed by atoms with Gasteiger partial charge in [-0.05, 0) is 44.1 Å². The van der Waals surface area contributed by atoms with Gasteiger partial charge in [-0.25, -0.2) is 0 Å². The number of hydrogen-bond donors (Lipinski definition) is 1. The van der Waals surface area contributed by atoms with Gasteiger partial charge in [0, 0.05) is 24.0 Å². The fraction of sp³-hybridized carbons (Fsp3) is 0.600. The van der Waals surface area contributed by atoms with Crippen LogP contribution in [0.4, 0.5) is 5.00 Å². The van der Waals surface area contributed by atoms with Crippen molar-refractivity contribution < 1.29 is 9.53 Å². The highest BCUT2D eigenvalue weighted by Crippen LogP contribution is 2.38. The van der Waals surface area contributed by atoms with E-state index in [-0.39, 0.29) is 11.8 Å². The first-order valence-electron chi connectivity index (χ1n) is 7.23. The van der Waals surface area contributed by atoms with Crippen LogP contribution in [0.1, 0.15) is 41.7 Å². The molecule has 1 aliphatic carbocycles. The molecule has 0 unspecified atom stereocenters. The van der Waals surface area contributed by atoms with Crippen LogP contribution in [0, 0.1) is 17.2 Å². The van der Waals surface area contributed by atoms with Crippen LogP contribution < -0.4 is 5.32 Å². The van der Waals surface area contributed by atoms with Gasteiger partial charge in [-0.2, -0.15) is 5.26 Å². The third-order valence-electron chi connectivity index (χ3n) is 4.11. The Morgan fingerprint density at radius 3 is 2.80 bits per heavy atom. The molecule has 0 spiro atoms. The number of hydrogen-bond acceptors (Lipinski definition) is 4. The Bertz CT molecular complexity index is 553. The van der Waals surface area contributed by atoms with E-state index in [4.69, 9.17) is 4.74 Å². The van der Waals surface area contributed by atoms with Crippen molar-refractivity contribution in [3.63, 3.8) is 0 Å². The fourth-order valence-corrected chi connectivity index (χ4v) is 4.19. The molecular weight excluding hydrogens is 272 g/mol. The van der Waals surface area contributed by atoms with Crippen molar-refractivity contribution in [2.45, 2.75) is 38.5 Å². The van der Waals surface area contributed by atoms with E-state index < -0.39 is 0 Å². The highest BCUT2D eigenvalue weighted by atomic mass is 32.1. The maximum Gasteiger partial charge on any atom is 0.228 e. The molecule has 2 heterocycles. The topological polar surface area (TPSA) is 62.1 Å². The van der Waals surface area contributed by atoms with E-state index in [1.165, 1.54) is 16.9 Å². The van der Waals surface area contributed by atoms with Gasteiger partial charge < -0.3 is 10.1 Å². The van der Waals surface area contributed by atoms with Crippen molar-refractivity contribution in [1.29, 1.82) is 5.26 Å². The van der Waals surface area contributed by atoms with E-state index in [1.807, 2.05) is 0 Å². The van der Waals surface area contributed by atoms with Crippen molar-refractivity contribution in [2.24, 2.45) is 5.92 Å². The van der Waals surface area contributed by atoms with Crippen molar-refractivity contribution >= 4 is 22.2 Å². The summed E-state index contributed by atoms with van der Waals surface area (Å²) in [6, 6.07) is 2.28. The monoisotopic (exact) mass is 290 g/mol. The highest BCUT2D eigenvalue weighted by molar-refractivity contribution is 7.16. The molecule has 1 aromatic rings. The second kappa shape index (κ2) is 5.94. The standard InChI is InChI=1S/C15H18N2O2S/c16-9-12-11-3-1-2-4-13(11)20-15(12)17-14(18)10-5-7-19-8-6-10/h10H,1-8H2,(H,17,18). The molecule has 1 aromatic heterocycles. The van der Waals surface area contributed by atoms with Crippen LogP contribution >= 0.6 is 11.3 Å². The van der Waals surface area contributed by atoms with Crippen molar-refractivity contribution in [3.8, 4) is 6.07 Å². The number of thiophene rings is 1. The smallest absolute Gasteiger partial charge is 0.228 e. The van der Waals surface area contributed by atoms with Crippen LogP contribution in [0.5, 0.6) is 0 Å². The van der Waals surface area contributed by atoms with Gasteiger partial charge in [-0.15, -0.1) is 11.3 Å². The summed E-state index contributed by atoms with van der Waals surface area (Å²) in [4.78, 5) is 13.6. The summed E-state index contributed by atoms with van der Waals surface area (Å²) < 4.78 is 5.28. The SMILES string of the molecule is N#Cc1c(NC(=O)C2CCOCC2)sc2c1CCCC2. The van der Waals surface area contributed by atoms with Gasteiger partial charge in [-0.3, -0.25) is 4.79 Å². The van der Waals surface area contributed by atoms with Crippen LogP contribution in [0.15, 0.2) is 0 Å². The maximum atomic E-state index is 12.3. The van der Waals surface area contributed by atoms with Crippen LogP contribution in [-0.4, -0.2) is 19.1 Å². The van der Waals surface area contributed by atoms with Crippen LogP contribution in [-0.2, 0) is 22.4 Å². The number of carbonyl (C=O) groups is 1. The summed E-state index contributed by atoms with van der Waals surface area (Å²) in [6.07, 6.45) is 5.90. The molecule has 0 radical (unpaired) electrons. The number of anilines is 1. The lowest BCUT2D eigenvalue weighted by molar-refractivity contribution is -0.122. The lowest BCUT2D eigenvalue weighted by atomic mass is 9.96. The Morgan fingerprint density at radius 2 is 2.05 bits per heavy atom. The zero-order valence-corrected chi connectivity index (χ0v) is 12.2. The van der Waals surface area contributed by atoms with Gasteiger partial charge in [0.15, 0.2) is 0 Å². The predicted molar refractivity (Wildman–Crippen MR) is 77.8 cm³/mol. The quantitative estimate of drug-likeness (QED) is 0.911. The van der Waals surface area contributed by atoms with E-state index >= 15 is 0 Å². The molecule has 3 rings (SSSR count). The molecule has 0 atom stereocenters. The van der Waals surface area contributed by atoms with Gasteiger partial charge >= 0.3 is 0 Å². The molecule has 0 bridgehead atoms. The molecule has 0 aromatic carbocycles. The van der Waals surface area contributed by atoms with E-state index in [0.29, 0.717) is 18.8 Å². The van der Waals surface area contributed by atoms with Gasteiger partial charge in [0.2, 0.25) is 5.91 Å². The maximum absolute atomic E-state index is 12.3. The van der Waals surface area contributed by atoms with Crippen LogP contribution in [0.3, 0.4) is 0 Å². The highest BCUT2D eigenvalue weighted by Gasteiger charge is 2.25. The second-order valence-corrected chi connectivity index (χ2v) is 6.51. The summed E-state index contributed by atoms with van der Waals surface area (Å²) in [5.74, 6) is 0.0674. The molecule has 20 heavy (non-hydrogen) atoms. The zero-order valence-electron chi connectivity index (χ0n) is 11.4. The number of rotatable bonds is 2. The number of fused-ring (bicyclic) bond motifs is 1. The molecule has 5 heteroatoms. The molecule has 1 fully saturated rings. The Hall–Kier alpha value is -1.38. The number of carbonyl (C=O) groups excluding carboxylic acids is 1. The van der Waals surface area contributed by atoms with E-state index in [2.05, 4.69) is 11.4 Å². The normalized spacial score (nSPS) is 19.1. The summed E-state index contributed by atoms with van der Waals surface area (Å²) in [7, 11) is 0. The summed E-state index contributed by atoms with van der Waals surface area (Å²) in [5, 5.41) is 13.1. The number of aryl methyl sites for hydroxylation is 1. The second-order valence-electron chi connectivity index (χ2n) is 5.40. The predicted octanol–water partition coefficient (Wildman–Crippen LogP) is 2.86. The number of nitrogens with one attached hydrogen (secondary N) is 1. The number of nitrogens with zero attached hydrogens (tertiary/aromatic N) is 1. The van der Waals surface area contributed by atoms with Crippen molar-refractivity contribution in [3.05, 3.63) is 16.0 Å². The lowest BCUT2D eigenvalue weighted by Gasteiger charge is -2.20. The van der Waals surface area contributed by atoms with Crippen LogP contribution in [0.25, 0.3) is 0 Å². The first kappa shape index (κ1) is 13.6. The average Bonchev–Trinajstić information content (AvgIpc) is 2.85. The molecular formula is C15H18N2O2S. The van der Waals surface area contributed by atoms with E-state index in [9.17, 15) is 10.1 Å². The molecule has 106 valence electrons. The Labute approximate surface area is 122 Å². The molecule has 0 saturated carbocycles. The summed E-state index contributed by atoms with van der Waals surface area (Å²) in [5.41, 5.74) is 1.87. The van der Waals surface area contributed by atoms with Gasteiger partial charge in [0.25, 0.3) is 0 Å². The first-order valence-corrected chi connectivity index (χ1v) is 8.04. The lowest BCUT2D eigenvalue weighted by Crippen LogP contribution is -2.28. The number of amides is 1. The molecule has 1 amide bonds. The minimum Gasteiger partial charge on any atom is -0.381 e. The minimum absolute atomic E-state index is 0.0226. The Morgan fingerprint density at radius 1 is 1.30 bits per heavy atom. The summed E-state index contributed by atoms with van der Waals surface area (Å²) in [6.45, 7) is 1.31. The van der Waals surface area contributed by atoms with Crippen LogP contribution in [0.2, 0.25) is 0 Å². The third-order valence-corrected chi connectivity index (χ3v) is 5.32. The fourth-order valence-electron chi connectivity index (χ4n) is 2.95. The van der Waals surface area contributed by atoms with Gasteiger partial charge in [0.1, 0.15) is 11.1 Å². The van der Waals surface area contributed by atoms with Crippen molar-refractivity contribution in [1.82, 2.24) is 0 Å². The average molecular weight is 290 g/mol. The largest absolute Gasteiger partial charge is 0.381 e. The number of nitriles is 1. The first-order chi connectivity index (χ1) is 9.79. The molecule has 1 N–H and O–H groups in total. The van der Waals surface area contributed by atoms with Crippen molar-refractivity contribution in [2.75, 3.05) is 18.5 Å². The minimum atomic E-state index is 0.0226. The van der Waals surface area contributed by atoms with Gasteiger partial charge in [0.05, 0.1) is 5.56 Å². The van der Waals surface area contributed by atoms with E-state index in [1.54, 1.807) is 11.3 Å². The number of ether oxygens (including phenoxy) is 1. The van der Waals surface area contributed by atoms with E-state index in [0.717, 1.165) is 37.1 Å². The molecule has 1 saturated heterocycles.